The molecule has 0 radical (unpaired) electrons. The van der Waals surface area contributed by atoms with Gasteiger partial charge in [0.1, 0.15) is 18.4 Å². The minimum absolute atomic E-state index is 0.127. The third-order valence-corrected chi connectivity index (χ3v) is 4.65. The number of hydrogen-bond donors (Lipinski definition) is 3. The molecule has 0 spiro atoms. The lowest BCUT2D eigenvalue weighted by Crippen LogP contribution is -2.51. The fourth-order valence-corrected chi connectivity index (χ4v) is 3.21. The van der Waals surface area contributed by atoms with Crippen molar-refractivity contribution in [1.29, 1.82) is 0 Å². The molecule has 0 fully saturated rings. The molecule has 1 aliphatic heterocycles. The summed E-state index contributed by atoms with van der Waals surface area (Å²) < 4.78 is 5.69. The SMILES string of the molecule is CC(NC(=O)c1n[nH]c2ccccc12)C(=O)NC1COc2ccccc2C1. The summed E-state index contributed by atoms with van der Waals surface area (Å²) in [4.78, 5) is 25.0. The van der Waals surface area contributed by atoms with Crippen LogP contribution < -0.4 is 15.4 Å². The average molecular weight is 364 g/mol. The van der Waals surface area contributed by atoms with E-state index in [1.54, 1.807) is 6.92 Å². The standard InChI is InChI=1S/C20H20N4O3/c1-12(21-20(26)18-15-7-3-4-8-16(15)23-24-18)19(25)22-14-10-13-6-2-5-9-17(13)27-11-14/h2-9,12,14H,10-11H2,1H3,(H,21,26)(H,22,25)(H,23,24). The maximum Gasteiger partial charge on any atom is 0.273 e. The Morgan fingerprint density at radius 2 is 1.96 bits per heavy atom. The van der Waals surface area contributed by atoms with Gasteiger partial charge in [-0.15, -0.1) is 0 Å². The van der Waals surface area contributed by atoms with Crippen LogP contribution in [0.5, 0.6) is 5.75 Å². The molecule has 2 aromatic carbocycles. The minimum atomic E-state index is -0.690. The van der Waals surface area contributed by atoms with E-state index < -0.39 is 6.04 Å². The Balaban J connectivity index is 1.37. The van der Waals surface area contributed by atoms with E-state index in [9.17, 15) is 9.59 Å². The van der Waals surface area contributed by atoms with Gasteiger partial charge in [-0.25, -0.2) is 0 Å². The van der Waals surface area contributed by atoms with Gasteiger partial charge in [0.05, 0.1) is 11.6 Å². The van der Waals surface area contributed by atoms with Gasteiger partial charge in [-0.05, 0) is 31.0 Å². The van der Waals surface area contributed by atoms with Crippen molar-refractivity contribution in [1.82, 2.24) is 20.8 Å². The highest BCUT2D eigenvalue weighted by molar-refractivity contribution is 6.05. The number of fused-ring (bicyclic) bond motifs is 2. The molecule has 2 amide bonds. The number of H-pyrrole nitrogens is 1. The zero-order valence-corrected chi connectivity index (χ0v) is 14.9. The highest BCUT2D eigenvalue weighted by Crippen LogP contribution is 2.23. The number of para-hydroxylation sites is 2. The highest BCUT2D eigenvalue weighted by Gasteiger charge is 2.25. The van der Waals surface area contributed by atoms with Gasteiger partial charge in [-0.2, -0.15) is 5.10 Å². The molecule has 7 nitrogen and oxygen atoms in total. The monoisotopic (exact) mass is 364 g/mol. The molecule has 27 heavy (non-hydrogen) atoms. The van der Waals surface area contributed by atoms with E-state index in [-0.39, 0.29) is 23.6 Å². The number of amides is 2. The van der Waals surface area contributed by atoms with Crippen LogP contribution in [-0.2, 0) is 11.2 Å². The average Bonchev–Trinajstić information content (AvgIpc) is 3.12. The quantitative estimate of drug-likeness (QED) is 0.658. The van der Waals surface area contributed by atoms with Crippen LogP contribution >= 0.6 is 0 Å². The van der Waals surface area contributed by atoms with Crippen molar-refractivity contribution in [3.05, 3.63) is 59.8 Å². The summed E-state index contributed by atoms with van der Waals surface area (Å²) in [5, 5.41) is 13.2. The molecule has 138 valence electrons. The summed E-state index contributed by atoms with van der Waals surface area (Å²) in [6, 6.07) is 14.3. The van der Waals surface area contributed by atoms with Crippen LogP contribution in [0, 0.1) is 0 Å². The Bertz CT molecular complexity index is 998. The predicted molar refractivity (Wildman–Crippen MR) is 101 cm³/mol. The number of ether oxygens (including phenoxy) is 1. The van der Waals surface area contributed by atoms with Crippen LogP contribution in [0.15, 0.2) is 48.5 Å². The van der Waals surface area contributed by atoms with Crippen molar-refractivity contribution in [2.75, 3.05) is 6.61 Å². The van der Waals surface area contributed by atoms with E-state index in [0.29, 0.717) is 13.0 Å². The molecule has 2 heterocycles. The largest absolute Gasteiger partial charge is 0.491 e. The van der Waals surface area contributed by atoms with Crippen molar-refractivity contribution >= 4 is 22.7 Å². The van der Waals surface area contributed by atoms with E-state index in [1.807, 2.05) is 48.5 Å². The number of nitrogens with one attached hydrogen (secondary N) is 3. The third kappa shape index (κ3) is 3.48. The lowest BCUT2D eigenvalue weighted by Gasteiger charge is -2.27. The van der Waals surface area contributed by atoms with Crippen molar-refractivity contribution in [3.63, 3.8) is 0 Å². The molecule has 0 saturated carbocycles. The zero-order valence-electron chi connectivity index (χ0n) is 14.9. The van der Waals surface area contributed by atoms with Crippen LogP contribution in [0.2, 0.25) is 0 Å². The molecule has 0 saturated heterocycles. The van der Waals surface area contributed by atoms with Crippen LogP contribution in [0.25, 0.3) is 10.9 Å². The summed E-state index contributed by atoms with van der Waals surface area (Å²) in [6.45, 7) is 2.06. The maximum absolute atomic E-state index is 12.5. The van der Waals surface area contributed by atoms with E-state index in [1.165, 1.54) is 0 Å². The number of aromatic amines is 1. The Morgan fingerprint density at radius 1 is 1.19 bits per heavy atom. The van der Waals surface area contributed by atoms with Crippen LogP contribution in [-0.4, -0.2) is 40.7 Å². The summed E-state index contributed by atoms with van der Waals surface area (Å²) in [5.41, 5.74) is 2.12. The van der Waals surface area contributed by atoms with Crippen molar-refractivity contribution in [2.24, 2.45) is 0 Å². The molecule has 0 aliphatic carbocycles. The summed E-state index contributed by atoms with van der Waals surface area (Å²) in [6.07, 6.45) is 0.701. The van der Waals surface area contributed by atoms with Gasteiger partial charge in [0.2, 0.25) is 5.91 Å². The van der Waals surface area contributed by atoms with Gasteiger partial charge in [-0.3, -0.25) is 14.7 Å². The number of carbonyl (C=O) groups excluding carboxylic acids is 2. The topological polar surface area (TPSA) is 96.1 Å². The summed E-state index contributed by atoms with van der Waals surface area (Å²) in [5.74, 6) is 0.214. The predicted octanol–water partition coefficient (Wildman–Crippen LogP) is 1.80. The Morgan fingerprint density at radius 3 is 2.85 bits per heavy atom. The smallest absolute Gasteiger partial charge is 0.273 e. The second-order valence-electron chi connectivity index (χ2n) is 6.64. The molecule has 0 bridgehead atoms. The van der Waals surface area contributed by atoms with Gasteiger partial charge in [-0.1, -0.05) is 36.4 Å². The fourth-order valence-electron chi connectivity index (χ4n) is 3.21. The first kappa shape index (κ1) is 17.1. The number of carbonyl (C=O) groups is 2. The number of nitrogens with zero attached hydrogens (tertiary/aromatic N) is 1. The molecule has 2 atom stereocenters. The van der Waals surface area contributed by atoms with Gasteiger partial charge >= 0.3 is 0 Å². The van der Waals surface area contributed by atoms with Gasteiger partial charge in [0.25, 0.3) is 5.91 Å². The third-order valence-electron chi connectivity index (χ3n) is 4.65. The first-order valence-electron chi connectivity index (χ1n) is 8.87. The second-order valence-corrected chi connectivity index (χ2v) is 6.64. The lowest BCUT2D eigenvalue weighted by molar-refractivity contribution is -0.123. The van der Waals surface area contributed by atoms with Crippen LogP contribution in [0.1, 0.15) is 23.0 Å². The molecule has 1 aliphatic rings. The van der Waals surface area contributed by atoms with Crippen molar-refractivity contribution in [2.45, 2.75) is 25.4 Å². The molecule has 3 aromatic rings. The van der Waals surface area contributed by atoms with E-state index in [2.05, 4.69) is 20.8 Å². The normalized spacial score (nSPS) is 16.9. The molecular weight excluding hydrogens is 344 g/mol. The van der Waals surface area contributed by atoms with Gasteiger partial charge in [0, 0.05) is 5.39 Å². The van der Waals surface area contributed by atoms with E-state index >= 15 is 0 Å². The van der Waals surface area contributed by atoms with E-state index in [0.717, 1.165) is 22.2 Å². The summed E-state index contributed by atoms with van der Waals surface area (Å²) >= 11 is 0. The molecular formula is C20H20N4O3. The molecule has 1 aromatic heterocycles. The number of rotatable bonds is 4. The van der Waals surface area contributed by atoms with Crippen LogP contribution in [0.4, 0.5) is 0 Å². The Kier molecular flexibility index (Phi) is 4.50. The lowest BCUT2D eigenvalue weighted by atomic mass is 10.0. The molecule has 4 rings (SSSR count). The Labute approximate surface area is 156 Å². The number of benzene rings is 2. The van der Waals surface area contributed by atoms with Gasteiger partial charge < -0.3 is 15.4 Å². The number of aromatic nitrogens is 2. The van der Waals surface area contributed by atoms with Crippen molar-refractivity contribution < 1.29 is 14.3 Å². The van der Waals surface area contributed by atoms with Gasteiger partial charge in [0.15, 0.2) is 5.69 Å². The maximum atomic E-state index is 12.5. The Hall–Kier alpha value is -3.35. The summed E-state index contributed by atoms with van der Waals surface area (Å²) in [7, 11) is 0. The molecule has 3 N–H and O–H groups in total. The van der Waals surface area contributed by atoms with Crippen molar-refractivity contribution in [3.8, 4) is 5.75 Å². The number of hydrogen-bond acceptors (Lipinski definition) is 4. The molecule has 2 unspecified atom stereocenters. The van der Waals surface area contributed by atoms with Crippen LogP contribution in [0.3, 0.4) is 0 Å². The fraction of sp³-hybridized carbons (Fsp3) is 0.250. The highest BCUT2D eigenvalue weighted by atomic mass is 16.5. The second kappa shape index (κ2) is 7.11. The minimum Gasteiger partial charge on any atom is -0.491 e. The first-order valence-corrected chi connectivity index (χ1v) is 8.87. The molecule has 7 heteroatoms. The van der Waals surface area contributed by atoms with E-state index in [4.69, 9.17) is 4.74 Å². The zero-order chi connectivity index (χ0) is 18.8. The first-order chi connectivity index (χ1) is 13.1.